The first-order valence-corrected chi connectivity index (χ1v) is 9.46. The van der Waals surface area contributed by atoms with Gasteiger partial charge in [0.15, 0.2) is 10.9 Å². The molecule has 0 aliphatic rings. The molecule has 8 nitrogen and oxygen atoms in total. The second-order valence-electron chi connectivity index (χ2n) is 5.70. The van der Waals surface area contributed by atoms with Crippen LogP contribution in [0.2, 0.25) is 15.2 Å². The Bertz CT molecular complexity index is 1150. The van der Waals surface area contributed by atoms with Crippen molar-refractivity contribution in [1.82, 2.24) is 30.2 Å². The highest BCUT2D eigenvalue weighted by molar-refractivity contribution is 6.43. The van der Waals surface area contributed by atoms with E-state index in [-0.39, 0.29) is 5.15 Å². The second-order valence-corrected chi connectivity index (χ2v) is 6.85. The van der Waals surface area contributed by atoms with Gasteiger partial charge in [-0.2, -0.15) is 4.68 Å². The highest BCUT2D eigenvalue weighted by Gasteiger charge is 2.15. The SMILES string of the molecule is Clc1cccc(-n2nnnc2NCc2cccnc2Oc2cccnc2Cl)c1Cl. The van der Waals surface area contributed by atoms with Crippen molar-refractivity contribution < 1.29 is 4.74 Å². The molecule has 4 aromatic rings. The van der Waals surface area contributed by atoms with Crippen molar-refractivity contribution in [2.24, 2.45) is 0 Å². The number of hydrogen-bond acceptors (Lipinski definition) is 7. The Hall–Kier alpha value is -2.94. The van der Waals surface area contributed by atoms with Crippen molar-refractivity contribution in [1.29, 1.82) is 0 Å². The molecule has 0 aliphatic heterocycles. The maximum Gasteiger partial charge on any atom is 0.248 e. The Morgan fingerprint density at radius 3 is 2.66 bits per heavy atom. The number of tetrazole rings is 1. The molecule has 0 saturated heterocycles. The molecule has 29 heavy (non-hydrogen) atoms. The number of halogens is 3. The topological polar surface area (TPSA) is 90.6 Å². The molecule has 0 bridgehead atoms. The minimum atomic E-state index is 0.247. The van der Waals surface area contributed by atoms with Gasteiger partial charge in [0.1, 0.15) is 0 Å². The number of rotatable bonds is 6. The summed E-state index contributed by atoms with van der Waals surface area (Å²) in [5.41, 5.74) is 1.32. The molecule has 0 atom stereocenters. The molecule has 0 amide bonds. The first-order chi connectivity index (χ1) is 14.1. The highest BCUT2D eigenvalue weighted by Crippen LogP contribution is 2.30. The zero-order valence-corrected chi connectivity index (χ0v) is 16.9. The standard InChI is InChI=1S/C18H12Cl3N7O/c19-12-5-1-6-13(15(12)20)28-18(25-26-27-28)24-10-11-4-2-9-23-17(11)29-14-7-3-8-22-16(14)21/h1-9H,10H2,(H,24,25,27). The minimum Gasteiger partial charge on any atom is -0.435 e. The van der Waals surface area contributed by atoms with E-state index in [0.717, 1.165) is 5.56 Å². The van der Waals surface area contributed by atoms with Crippen LogP contribution in [0, 0.1) is 0 Å². The Morgan fingerprint density at radius 2 is 1.79 bits per heavy atom. The Morgan fingerprint density at radius 1 is 0.966 bits per heavy atom. The summed E-state index contributed by atoms with van der Waals surface area (Å²) in [4.78, 5) is 8.27. The van der Waals surface area contributed by atoms with Gasteiger partial charge in [0, 0.05) is 24.5 Å². The van der Waals surface area contributed by atoms with E-state index in [4.69, 9.17) is 39.5 Å². The smallest absolute Gasteiger partial charge is 0.248 e. The molecule has 1 N–H and O–H groups in total. The molecule has 3 aromatic heterocycles. The van der Waals surface area contributed by atoms with Gasteiger partial charge in [-0.05, 0) is 40.8 Å². The first kappa shape index (κ1) is 19.4. The van der Waals surface area contributed by atoms with Crippen molar-refractivity contribution in [3.05, 3.63) is 75.6 Å². The lowest BCUT2D eigenvalue weighted by Crippen LogP contribution is -2.09. The largest absolute Gasteiger partial charge is 0.435 e. The molecule has 0 saturated carbocycles. The number of hydrogen-bond donors (Lipinski definition) is 1. The third-order valence-corrected chi connectivity index (χ3v) is 4.94. The maximum atomic E-state index is 6.28. The third-order valence-electron chi connectivity index (χ3n) is 3.85. The number of anilines is 1. The zero-order chi connectivity index (χ0) is 20.2. The molecular weight excluding hydrogens is 437 g/mol. The van der Waals surface area contributed by atoms with Crippen molar-refractivity contribution in [3.63, 3.8) is 0 Å². The molecule has 146 valence electrons. The molecular formula is C18H12Cl3N7O. The molecule has 0 fully saturated rings. The molecule has 3 heterocycles. The predicted molar refractivity (Wildman–Crippen MR) is 110 cm³/mol. The molecule has 0 spiro atoms. The van der Waals surface area contributed by atoms with E-state index in [0.29, 0.717) is 39.9 Å². The van der Waals surface area contributed by atoms with Crippen molar-refractivity contribution in [3.8, 4) is 17.3 Å². The van der Waals surface area contributed by atoms with E-state index in [1.807, 2.05) is 6.07 Å². The average Bonchev–Trinajstić information content (AvgIpc) is 3.19. The minimum absolute atomic E-state index is 0.247. The lowest BCUT2D eigenvalue weighted by atomic mass is 10.2. The Labute approximate surface area is 180 Å². The number of pyridine rings is 2. The molecule has 11 heteroatoms. The van der Waals surface area contributed by atoms with Gasteiger partial charge in [-0.25, -0.2) is 9.97 Å². The van der Waals surface area contributed by atoms with Gasteiger partial charge in [-0.1, -0.05) is 52.0 Å². The monoisotopic (exact) mass is 447 g/mol. The van der Waals surface area contributed by atoms with Crippen molar-refractivity contribution in [2.45, 2.75) is 6.54 Å². The summed E-state index contributed by atoms with van der Waals surface area (Å²) in [5, 5.41) is 15.8. The van der Waals surface area contributed by atoms with Crippen molar-refractivity contribution >= 4 is 40.8 Å². The Balaban J connectivity index is 1.56. The van der Waals surface area contributed by atoms with Gasteiger partial charge < -0.3 is 10.1 Å². The van der Waals surface area contributed by atoms with E-state index in [1.165, 1.54) is 4.68 Å². The van der Waals surface area contributed by atoms with Gasteiger partial charge >= 0.3 is 0 Å². The van der Waals surface area contributed by atoms with Crippen LogP contribution < -0.4 is 10.1 Å². The molecule has 4 rings (SSSR count). The summed E-state index contributed by atoms with van der Waals surface area (Å²) in [6.45, 7) is 0.333. The second kappa shape index (κ2) is 8.60. The number of benzene rings is 1. The lowest BCUT2D eigenvalue weighted by molar-refractivity contribution is 0.455. The summed E-state index contributed by atoms with van der Waals surface area (Å²) in [5.74, 6) is 1.17. The van der Waals surface area contributed by atoms with Crippen LogP contribution in [0.25, 0.3) is 5.69 Å². The van der Waals surface area contributed by atoms with E-state index in [1.54, 1.807) is 48.8 Å². The molecule has 0 unspecified atom stereocenters. The van der Waals surface area contributed by atoms with Gasteiger partial charge in [-0.3, -0.25) is 0 Å². The van der Waals surface area contributed by atoms with Crippen LogP contribution in [0.5, 0.6) is 11.6 Å². The first-order valence-electron chi connectivity index (χ1n) is 8.32. The van der Waals surface area contributed by atoms with Crippen LogP contribution in [0.3, 0.4) is 0 Å². The number of nitrogens with zero attached hydrogens (tertiary/aromatic N) is 6. The quantitative estimate of drug-likeness (QED) is 0.423. The average molecular weight is 449 g/mol. The van der Waals surface area contributed by atoms with Crippen molar-refractivity contribution in [2.75, 3.05) is 5.32 Å². The van der Waals surface area contributed by atoms with E-state index < -0.39 is 0 Å². The van der Waals surface area contributed by atoms with Gasteiger partial charge in [0.25, 0.3) is 0 Å². The number of ether oxygens (including phenoxy) is 1. The lowest BCUT2D eigenvalue weighted by Gasteiger charge is -2.12. The van der Waals surface area contributed by atoms with Crippen LogP contribution in [-0.4, -0.2) is 30.2 Å². The van der Waals surface area contributed by atoms with Crippen LogP contribution in [0.4, 0.5) is 5.95 Å². The maximum absolute atomic E-state index is 6.28. The summed E-state index contributed by atoms with van der Waals surface area (Å²) in [6, 6.07) is 12.3. The fraction of sp³-hybridized carbons (Fsp3) is 0.0556. The fourth-order valence-corrected chi connectivity index (χ4v) is 3.03. The van der Waals surface area contributed by atoms with E-state index in [9.17, 15) is 0 Å². The van der Waals surface area contributed by atoms with Crippen LogP contribution in [0.15, 0.2) is 54.9 Å². The van der Waals surface area contributed by atoms with Crippen LogP contribution in [-0.2, 0) is 6.54 Å². The normalized spacial score (nSPS) is 10.7. The molecule has 0 radical (unpaired) electrons. The number of aromatic nitrogens is 6. The highest BCUT2D eigenvalue weighted by atomic mass is 35.5. The van der Waals surface area contributed by atoms with E-state index in [2.05, 4.69) is 30.8 Å². The predicted octanol–water partition coefficient (Wildman–Crippen LogP) is 4.82. The molecule has 1 aromatic carbocycles. The summed E-state index contributed by atoms with van der Waals surface area (Å²) in [7, 11) is 0. The third kappa shape index (κ3) is 4.24. The van der Waals surface area contributed by atoms with Gasteiger partial charge in [0.2, 0.25) is 11.8 Å². The molecule has 0 aliphatic carbocycles. The van der Waals surface area contributed by atoms with E-state index >= 15 is 0 Å². The van der Waals surface area contributed by atoms with Gasteiger partial charge in [-0.15, -0.1) is 0 Å². The summed E-state index contributed by atoms with van der Waals surface area (Å²) in [6.07, 6.45) is 3.20. The van der Waals surface area contributed by atoms with Crippen LogP contribution in [0.1, 0.15) is 5.56 Å². The Kier molecular flexibility index (Phi) is 5.75. The summed E-state index contributed by atoms with van der Waals surface area (Å²) >= 11 is 18.4. The van der Waals surface area contributed by atoms with Gasteiger partial charge in [0.05, 0.1) is 15.7 Å². The zero-order valence-electron chi connectivity index (χ0n) is 14.6. The summed E-state index contributed by atoms with van der Waals surface area (Å²) < 4.78 is 7.28. The van der Waals surface area contributed by atoms with Crippen LogP contribution >= 0.6 is 34.8 Å². The fourth-order valence-electron chi connectivity index (χ4n) is 2.49. The number of nitrogens with one attached hydrogen (secondary N) is 1.